The van der Waals surface area contributed by atoms with Crippen LogP contribution in [0.1, 0.15) is 56.2 Å². The number of hydrogen-bond acceptors (Lipinski definition) is 7. The molecule has 7 heteroatoms. The number of carbonyl (C=O) groups excluding carboxylic acids is 2. The van der Waals surface area contributed by atoms with E-state index in [1.54, 1.807) is 31.2 Å². The molecule has 2 aliphatic rings. The molecule has 2 heterocycles. The van der Waals surface area contributed by atoms with Crippen molar-refractivity contribution in [1.29, 1.82) is 0 Å². The van der Waals surface area contributed by atoms with Crippen LogP contribution in [0.4, 0.5) is 0 Å². The summed E-state index contributed by atoms with van der Waals surface area (Å²) in [5.41, 5.74) is 1.09. The van der Waals surface area contributed by atoms with Gasteiger partial charge in [-0.15, -0.1) is 0 Å². The van der Waals surface area contributed by atoms with Gasteiger partial charge in [0.05, 0.1) is 23.7 Å². The highest BCUT2D eigenvalue weighted by molar-refractivity contribution is 6.00. The topological polar surface area (TPSA) is 103 Å². The molecule has 194 valence electrons. The Hall–Kier alpha value is -4.39. The number of rotatable bonds is 5. The van der Waals surface area contributed by atoms with E-state index in [0.717, 1.165) is 0 Å². The Kier molecular flexibility index (Phi) is 6.53. The average Bonchev–Trinajstić information content (AvgIpc) is 2.87. The largest absolute Gasteiger partial charge is 0.508 e. The van der Waals surface area contributed by atoms with Gasteiger partial charge in [-0.05, 0) is 36.1 Å². The van der Waals surface area contributed by atoms with E-state index < -0.39 is 17.5 Å². The number of esters is 1. The van der Waals surface area contributed by atoms with Crippen LogP contribution < -0.4 is 10.4 Å². The number of Topliss-reactive ketones (excluding diaryl/α,β-unsaturated/α-hetero) is 1. The van der Waals surface area contributed by atoms with E-state index in [1.807, 2.05) is 32.0 Å². The maximum absolute atomic E-state index is 13.7. The fourth-order valence-corrected chi connectivity index (χ4v) is 5.20. The first-order valence-electron chi connectivity index (χ1n) is 12.5. The lowest BCUT2D eigenvalue weighted by Gasteiger charge is -2.38. The smallest absolute Gasteiger partial charge is 0.344 e. The minimum atomic E-state index is -0.805. The molecule has 1 aromatic heterocycles. The summed E-state index contributed by atoms with van der Waals surface area (Å²) in [6.45, 7) is 5.91. The van der Waals surface area contributed by atoms with Crippen LogP contribution in [0, 0.1) is 5.41 Å². The monoisotopic (exact) mass is 512 g/mol. The fourth-order valence-electron chi connectivity index (χ4n) is 5.20. The van der Waals surface area contributed by atoms with Gasteiger partial charge in [0.1, 0.15) is 23.0 Å². The van der Waals surface area contributed by atoms with Gasteiger partial charge < -0.3 is 19.0 Å². The van der Waals surface area contributed by atoms with Gasteiger partial charge in [0.2, 0.25) is 0 Å². The first-order chi connectivity index (χ1) is 18.2. The molecule has 0 radical (unpaired) electrons. The van der Waals surface area contributed by atoms with Crippen LogP contribution in [0.5, 0.6) is 11.5 Å². The summed E-state index contributed by atoms with van der Waals surface area (Å²) in [4.78, 5) is 39.4. The molecule has 1 unspecified atom stereocenters. The molecule has 0 bridgehead atoms. The van der Waals surface area contributed by atoms with Gasteiger partial charge in [-0.3, -0.25) is 4.79 Å². The maximum Gasteiger partial charge on any atom is 0.344 e. The second-order valence-corrected chi connectivity index (χ2v) is 10.2. The highest BCUT2D eigenvalue weighted by atomic mass is 16.5. The van der Waals surface area contributed by atoms with Crippen molar-refractivity contribution >= 4 is 17.8 Å². The molecular weight excluding hydrogens is 484 g/mol. The van der Waals surface area contributed by atoms with E-state index in [9.17, 15) is 19.5 Å². The SMILES string of the molecule is CCOC(=O)/C=C/c1c(-c2ccccc2)oc(=O)c2c1OC1=C(C(=O)CC(C)(C)C1)C2c1cccc(O)c1. The molecule has 1 atom stereocenters. The Morgan fingerprint density at radius 2 is 1.87 bits per heavy atom. The van der Waals surface area contributed by atoms with Crippen LogP contribution >= 0.6 is 0 Å². The van der Waals surface area contributed by atoms with Crippen LogP contribution in [0.2, 0.25) is 0 Å². The highest BCUT2D eigenvalue weighted by Gasteiger charge is 2.44. The van der Waals surface area contributed by atoms with E-state index in [4.69, 9.17) is 13.9 Å². The van der Waals surface area contributed by atoms with Crippen molar-refractivity contribution in [2.24, 2.45) is 5.41 Å². The maximum atomic E-state index is 13.7. The molecule has 3 aromatic rings. The summed E-state index contributed by atoms with van der Waals surface area (Å²) in [6.07, 6.45) is 3.55. The first-order valence-corrected chi connectivity index (χ1v) is 12.5. The number of hydrogen-bond donors (Lipinski definition) is 1. The second-order valence-electron chi connectivity index (χ2n) is 10.2. The molecular formula is C31H28O7. The molecule has 1 aliphatic heterocycles. The molecule has 2 aromatic carbocycles. The first kappa shape index (κ1) is 25.3. The standard InChI is InChI=1S/C31H28O7/c1-4-36-24(34)14-13-21-28(18-9-6-5-7-10-18)38-30(35)27-25(19-11-8-12-20(32)15-19)26-22(33)16-31(2,3)17-23(26)37-29(21)27/h5-15,25,32H,4,16-17H2,1-3H3/b14-13+. The zero-order chi connectivity index (χ0) is 27.0. The summed E-state index contributed by atoms with van der Waals surface area (Å²) < 4.78 is 17.4. The Labute approximate surface area is 220 Å². The Morgan fingerprint density at radius 3 is 2.58 bits per heavy atom. The van der Waals surface area contributed by atoms with Gasteiger partial charge in [-0.25, -0.2) is 9.59 Å². The van der Waals surface area contributed by atoms with Crippen molar-refractivity contribution in [1.82, 2.24) is 0 Å². The molecule has 0 spiro atoms. The third-order valence-corrected chi connectivity index (χ3v) is 6.74. The van der Waals surface area contributed by atoms with Crippen molar-refractivity contribution in [3.05, 3.63) is 99.1 Å². The van der Waals surface area contributed by atoms with E-state index in [1.165, 1.54) is 24.3 Å². The quantitative estimate of drug-likeness (QED) is 0.343. The number of phenols is 1. The number of aromatic hydroxyl groups is 1. The molecule has 0 fully saturated rings. The third kappa shape index (κ3) is 4.67. The van der Waals surface area contributed by atoms with Crippen LogP contribution in [0.25, 0.3) is 17.4 Å². The number of carbonyl (C=O) groups is 2. The highest BCUT2D eigenvalue weighted by Crippen LogP contribution is 2.51. The number of benzene rings is 2. The van der Waals surface area contributed by atoms with Crippen LogP contribution in [0.3, 0.4) is 0 Å². The summed E-state index contributed by atoms with van der Waals surface area (Å²) in [6, 6.07) is 15.5. The van der Waals surface area contributed by atoms with E-state index in [0.29, 0.717) is 40.9 Å². The van der Waals surface area contributed by atoms with Crippen molar-refractivity contribution in [2.75, 3.05) is 6.61 Å². The van der Waals surface area contributed by atoms with Crippen molar-refractivity contribution in [2.45, 2.75) is 39.5 Å². The molecule has 0 saturated carbocycles. The molecule has 5 rings (SSSR count). The van der Waals surface area contributed by atoms with Gasteiger partial charge in [-0.2, -0.15) is 0 Å². The summed E-state index contributed by atoms with van der Waals surface area (Å²) in [7, 11) is 0. The average molecular weight is 513 g/mol. The molecule has 0 saturated heterocycles. The molecule has 38 heavy (non-hydrogen) atoms. The van der Waals surface area contributed by atoms with E-state index in [2.05, 4.69) is 0 Å². The number of fused-ring (bicyclic) bond motifs is 1. The lowest BCUT2D eigenvalue weighted by molar-refractivity contribution is -0.137. The Balaban J connectivity index is 1.82. The van der Waals surface area contributed by atoms with Crippen molar-refractivity contribution in [3.63, 3.8) is 0 Å². The number of allylic oxidation sites excluding steroid dienone is 2. The molecule has 1 N–H and O–H groups in total. The zero-order valence-corrected chi connectivity index (χ0v) is 21.4. The van der Waals surface area contributed by atoms with Gasteiger partial charge in [0, 0.05) is 30.1 Å². The third-order valence-electron chi connectivity index (χ3n) is 6.74. The second kappa shape index (κ2) is 9.82. The minimum Gasteiger partial charge on any atom is -0.508 e. The zero-order valence-electron chi connectivity index (χ0n) is 21.4. The van der Waals surface area contributed by atoms with Crippen molar-refractivity contribution in [3.8, 4) is 22.8 Å². The summed E-state index contributed by atoms with van der Waals surface area (Å²) in [5, 5.41) is 10.3. The summed E-state index contributed by atoms with van der Waals surface area (Å²) >= 11 is 0. The van der Waals surface area contributed by atoms with Crippen molar-refractivity contribution < 1.29 is 28.6 Å². The number of phenolic OH excluding ortho intramolecular Hbond substituents is 1. The predicted octanol–water partition coefficient (Wildman–Crippen LogP) is 5.76. The van der Waals surface area contributed by atoms with E-state index in [-0.39, 0.29) is 40.6 Å². The lowest BCUT2D eigenvalue weighted by atomic mass is 9.70. The van der Waals surface area contributed by atoms with Gasteiger partial charge in [0.25, 0.3) is 0 Å². The Bertz CT molecular complexity index is 1540. The molecule has 0 amide bonds. The predicted molar refractivity (Wildman–Crippen MR) is 142 cm³/mol. The number of ether oxygens (including phenoxy) is 2. The lowest BCUT2D eigenvalue weighted by Crippen LogP contribution is -2.35. The van der Waals surface area contributed by atoms with E-state index >= 15 is 0 Å². The summed E-state index contributed by atoms with van der Waals surface area (Å²) in [5.74, 6) is -0.545. The normalized spacial score (nSPS) is 18.1. The van der Waals surface area contributed by atoms with Gasteiger partial charge in [0.15, 0.2) is 5.78 Å². The van der Waals surface area contributed by atoms with Crippen LogP contribution in [-0.2, 0) is 14.3 Å². The number of ketones is 1. The molecule has 1 aliphatic carbocycles. The molecule has 7 nitrogen and oxygen atoms in total. The van der Waals surface area contributed by atoms with Gasteiger partial charge in [-0.1, -0.05) is 56.3 Å². The van der Waals surface area contributed by atoms with Crippen LogP contribution in [0.15, 0.2) is 81.2 Å². The Morgan fingerprint density at radius 1 is 1.11 bits per heavy atom. The fraction of sp³-hybridized carbons (Fsp3) is 0.258. The minimum absolute atomic E-state index is 0.00834. The van der Waals surface area contributed by atoms with Crippen LogP contribution in [-0.4, -0.2) is 23.5 Å². The van der Waals surface area contributed by atoms with Gasteiger partial charge >= 0.3 is 11.6 Å².